The lowest BCUT2D eigenvalue weighted by Crippen LogP contribution is -2.17. The standard InChI is InChI=1S/C14H20IN/c1-10(2)8-9-13(16-4)12-7-5-6-11(3)14(12)15/h5-7,13,16H,1,8-9H2,2-4H3. The molecule has 1 rings (SSSR count). The summed E-state index contributed by atoms with van der Waals surface area (Å²) in [5.41, 5.74) is 4.01. The summed E-state index contributed by atoms with van der Waals surface area (Å²) in [4.78, 5) is 0. The molecule has 2 heteroatoms. The summed E-state index contributed by atoms with van der Waals surface area (Å²) < 4.78 is 1.38. The second-order valence-corrected chi connectivity index (χ2v) is 5.39. The second-order valence-electron chi connectivity index (χ2n) is 4.32. The van der Waals surface area contributed by atoms with Gasteiger partial charge in [0, 0.05) is 9.61 Å². The Morgan fingerprint density at radius 1 is 1.50 bits per heavy atom. The Balaban J connectivity index is 2.86. The zero-order chi connectivity index (χ0) is 12.1. The molecule has 1 aromatic carbocycles. The van der Waals surface area contributed by atoms with Gasteiger partial charge in [-0.05, 0) is 67.5 Å². The summed E-state index contributed by atoms with van der Waals surface area (Å²) in [5, 5.41) is 3.40. The van der Waals surface area contributed by atoms with Crippen molar-refractivity contribution in [3.8, 4) is 0 Å². The van der Waals surface area contributed by atoms with Crippen molar-refractivity contribution in [3.63, 3.8) is 0 Å². The second kappa shape index (κ2) is 6.40. The molecule has 1 unspecified atom stereocenters. The van der Waals surface area contributed by atoms with Crippen LogP contribution >= 0.6 is 22.6 Å². The van der Waals surface area contributed by atoms with Gasteiger partial charge in [0.2, 0.25) is 0 Å². The first-order valence-electron chi connectivity index (χ1n) is 5.63. The minimum absolute atomic E-state index is 0.434. The van der Waals surface area contributed by atoms with Gasteiger partial charge in [-0.1, -0.05) is 23.8 Å². The minimum atomic E-state index is 0.434. The van der Waals surface area contributed by atoms with Crippen LogP contribution in [-0.2, 0) is 0 Å². The molecule has 1 atom stereocenters. The average Bonchev–Trinajstić information content (AvgIpc) is 2.24. The Morgan fingerprint density at radius 2 is 2.19 bits per heavy atom. The zero-order valence-corrected chi connectivity index (χ0v) is 12.5. The summed E-state index contributed by atoms with van der Waals surface area (Å²) in [7, 11) is 2.03. The lowest BCUT2D eigenvalue weighted by molar-refractivity contribution is 0.546. The molecule has 16 heavy (non-hydrogen) atoms. The molecule has 0 aromatic heterocycles. The van der Waals surface area contributed by atoms with Gasteiger partial charge >= 0.3 is 0 Å². The first-order valence-corrected chi connectivity index (χ1v) is 6.70. The van der Waals surface area contributed by atoms with E-state index in [1.807, 2.05) is 7.05 Å². The molecule has 0 amide bonds. The van der Waals surface area contributed by atoms with Crippen molar-refractivity contribution in [2.45, 2.75) is 32.7 Å². The molecule has 1 N–H and O–H groups in total. The van der Waals surface area contributed by atoms with Gasteiger partial charge in [0.15, 0.2) is 0 Å². The van der Waals surface area contributed by atoms with Crippen LogP contribution in [0.3, 0.4) is 0 Å². The van der Waals surface area contributed by atoms with Gasteiger partial charge in [-0.15, -0.1) is 6.58 Å². The SMILES string of the molecule is C=C(C)CCC(NC)c1cccc(C)c1I. The van der Waals surface area contributed by atoms with Crippen LogP contribution in [0, 0.1) is 10.5 Å². The average molecular weight is 329 g/mol. The molecule has 0 saturated heterocycles. The van der Waals surface area contributed by atoms with Crippen LogP contribution in [-0.4, -0.2) is 7.05 Å². The molecule has 0 bridgehead atoms. The van der Waals surface area contributed by atoms with Crippen molar-refractivity contribution in [2.24, 2.45) is 0 Å². The van der Waals surface area contributed by atoms with Crippen LogP contribution in [0.5, 0.6) is 0 Å². The van der Waals surface area contributed by atoms with Crippen LogP contribution in [0.2, 0.25) is 0 Å². The van der Waals surface area contributed by atoms with Crippen LogP contribution in [0.15, 0.2) is 30.4 Å². The van der Waals surface area contributed by atoms with Crippen molar-refractivity contribution >= 4 is 22.6 Å². The third-order valence-corrected chi connectivity index (χ3v) is 4.28. The van der Waals surface area contributed by atoms with Gasteiger partial charge in [-0.25, -0.2) is 0 Å². The van der Waals surface area contributed by atoms with E-state index >= 15 is 0 Å². The Hall–Kier alpha value is -0.350. The summed E-state index contributed by atoms with van der Waals surface area (Å²) in [6.45, 7) is 8.22. The largest absolute Gasteiger partial charge is 0.313 e. The lowest BCUT2D eigenvalue weighted by Gasteiger charge is -2.19. The molecule has 0 aliphatic carbocycles. The van der Waals surface area contributed by atoms with Gasteiger partial charge < -0.3 is 5.32 Å². The molecule has 0 heterocycles. The van der Waals surface area contributed by atoms with E-state index in [0.717, 1.165) is 12.8 Å². The Kier molecular flexibility index (Phi) is 5.49. The van der Waals surface area contributed by atoms with Crippen molar-refractivity contribution in [3.05, 3.63) is 45.0 Å². The number of hydrogen-bond donors (Lipinski definition) is 1. The van der Waals surface area contributed by atoms with Gasteiger partial charge in [0.25, 0.3) is 0 Å². The Morgan fingerprint density at radius 3 is 2.75 bits per heavy atom. The highest BCUT2D eigenvalue weighted by molar-refractivity contribution is 14.1. The first kappa shape index (κ1) is 13.7. The van der Waals surface area contributed by atoms with Gasteiger partial charge in [-0.3, -0.25) is 0 Å². The quantitative estimate of drug-likeness (QED) is 0.630. The predicted molar refractivity (Wildman–Crippen MR) is 79.7 cm³/mol. The van der Waals surface area contributed by atoms with Crippen molar-refractivity contribution in [1.29, 1.82) is 0 Å². The third kappa shape index (κ3) is 3.59. The number of hydrogen-bond acceptors (Lipinski definition) is 1. The Bertz CT molecular complexity index is 371. The number of benzene rings is 1. The maximum atomic E-state index is 3.97. The van der Waals surface area contributed by atoms with Crippen molar-refractivity contribution in [1.82, 2.24) is 5.32 Å². The van der Waals surface area contributed by atoms with Crippen LogP contribution in [0.4, 0.5) is 0 Å². The van der Waals surface area contributed by atoms with E-state index in [0.29, 0.717) is 6.04 Å². The number of aryl methyl sites for hydroxylation is 1. The minimum Gasteiger partial charge on any atom is -0.313 e. The van der Waals surface area contributed by atoms with Gasteiger partial charge in [0.1, 0.15) is 0 Å². The molecule has 1 nitrogen and oxygen atoms in total. The monoisotopic (exact) mass is 329 g/mol. The fourth-order valence-electron chi connectivity index (χ4n) is 1.79. The van der Waals surface area contributed by atoms with Crippen LogP contribution in [0.1, 0.15) is 36.9 Å². The van der Waals surface area contributed by atoms with Gasteiger partial charge in [-0.2, -0.15) is 0 Å². The molecule has 1 aromatic rings. The predicted octanol–water partition coefficient (Wildman–Crippen LogP) is 4.22. The Labute approximate surface area is 112 Å². The third-order valence-electron chi connectivity index (χ3n) is 2.81. The summed E-state index contributed by atoms with van der Waals surface area (Å²) in [5.74, 6) is 0. The molecule has 0 aliphatic rings. The summed E-state index contributed by atoms with van der Waals surface area (Å²) in [6, 6.07) is 6.95. The maximum Gasteiger partial charge on any atom is 0.0331 e. The van der Waals surface area contributed by atoms with E-state index in [-0.39, 0.29) is 0 Å². The highest BCUT2D eigenvalue weighted by atomic mass is 127. The zero-order valence-electron chi connectivity index (χ0n) is 10.3. The van der Waals surface area contributed by atoms with E-state index in [1.165, 1.54) is 20.3 Å². The molecular formula is C14H20IN. The van der Waals surface area contributed by atoms with Gasteiger partial charge in [0.05, 0.1) is 0 Å². The topological polar surface area (TPSA) is 12.0 Å². The molecule has 0 aliphatic heterocycles. The van der Waals surface area contributed by atoms with E-state index in [9.17, 15) is 0 Å². The van der Waals surface area contributed by atoms with E-state index in [4.69, 9.17) is 0 Å². The number of halogens is 1. The molecule has 0 radical (unpaired) electrons. The normalized spacial score (nSPS) is 12.5. The number of allylic oxidation sites excluding steroid dienone is 1. The van der Waals surface area contributed by atoms with E-state index in [2.05, 4.69) is 66.5 Å². The molecule has 0 saturated carbocycles. The molecular weight excluding hydrogens is 309 g/mol. The molecule has 0 fully saturated rings. The first-order chi connectivity index (χ1) is 7.56. The molecule has 88 valence electrons. The molecule has 0 spiro atoms. The van der Waals surface area contributed by atoms with E-state index in [1.54, 1.807) is 0 Å². The fourth-order valence-corrected chi connectivity index (χ4v) is 2.52. The highest BCUT2D eigenvalue weighted by Crippen LogP contribution is 2.26. The van der Waals surface area contributed by atoms with Crippen molar-refractivity contribution < 1.29 is 0 Å². The van der Waals surface area contributed by atoms with Crippen LogP contribution in [0.25, 0.3) is 0 Å². The number of rotatable bonds is 5. The fraction of sp³-hybridized carbons (Fsp3) is 0.429. The van der Waals surface area contributed by atoms with Crippen LogP contribution < -0.4 is 5.32 Å². The summed E-state index contributed by atoms with van der Waals surface area (Å²) >= 11 is 2.44. The van der Waals surface area contributed by atoms with E-state index < -0.39 is 0 Å². The maximum absolute atomic E-state index is 3.97. The van der Waals surface area contributed by atoms with Crippen molar-refractivity contribution in [2.75, 3.05) is 7.05 Å². The lowest BCUT2D eigenvalue weighted by atomic mass is 9.99. The summed E-state index contributed by atoms with van der Waals surface area (Å²) in [6.07, 6.45) is 2.20. The highest BCUT2D eigenvalue weighted by Gasteiger charge is 2.13. The smallest absolute Gasteiger partial charge is 0.0331 e. The number of nitrogens with one attached hydrogen (secondary N) is 1.